The van der Waals surface area contributed by atoms with Gasteiger partial charge in [0.25, 0.3) is 0 Å². The largest absolute Gasteiger partial charge is 0.331 e. The average Bonchev–Trinajstić information content (AvgIpc) is 2.35. The number of halogens is 1. The van der Waals surface area contributed by atoms with Gasteiger partial charge in [-0.3, -0.25) is 9.59 Å². The van der Waals surface area contributed by atoms with Crippen molar-refractivity contribution in [1.82, 2.24) is 9.80 Å². The fourth-order valence-corrected chi connectivity index (χ4v) is 2.81. The predicted molar refractivity (Wildman–Crippen MR) is 68.9 cm³/mol. The van der Waals surface area contributed by atoms with Crippen molar-refractivity contribution in [3.8, 4) is 0 Å². The Morgan fingerprint density at radius 1 is 1.41 bits per heavy atom. The van der Waals surface area contributed by atoms with Gasteiger partial charge in [0.05, 0.1) is 6.54 Å². The first kappa shape index (κ1) is 12.9. The number of amides is 2. The molecular weight excluding hydrogens is 284 g/mol. The highest BCUT2D eigenvalue weighted by Crippen LogP contribution is 2.23. The summed E-state index contributed by atoms with van der Waals surface area (Å²) < 4.78 is 0. The van der Waals surface area contributed by atoms with Crippen molar-refractivity contribution in [3.05, 3.63) is 0 Å². The highest BCUT2D eigenvalue weighted by Gasteiger charge is 2.40. The zero-order valence-electron chi connectivity index (χ0n) is 10.2. The molecule has 2 fully saturated rings. The van der Waals surface area contributed by atoms with Crippen LogP contribution >= 0.6 is 15.9 Å². The first-order valence-electron chi connectivity index (χ1n) is 6.27. The summed E-state index contributed by atoms with van der Waals surface area (Å²) in [6.07, 6.45) is 2.93. The SMILES string of the molecule is CC(CBr)CN1CC(=O)N2CCCCC2C1=O. The maximum Gasteiger partial charge on any atom is 0.245 e. The number of rotatable bonds is 3. The summed E-state index contributed by atoms with van der Waals surface area (Å²) in [6, 6.07) is -0.174. The van der Waals surface area contributed by atoms with Gasteiger partial charge in [0, 0.05) is 18.4 Å². The lowest BCUT2D eigenvalue weighted by Crippen LogP contribution is -2.61. The molecule has 0 radical (unpaired) electrons. The lowest BCUT2D eigenvalue weighted by atomic mass is 9.98. The fourth-order valence-electron chi connectivity index (χ4n) is 2.61. The van der Waals surface area contributed by atoms with Crippen LogP contribution in [0.4, 0.5) is 0 Å². The highest BCUT2D eigenvalue weighted by molar-refractivity contribution is 9.09. The van der Waals surface area contributed by atoms with E-state index in [1.165, 1.54) is 0 Å². The third-order valence-electron chi connectivity index (χ3n) is 3.54. The highest BCUT2D eigenvalue weighted by atomic mass is 79.9. The van der Waals surface area contributed by atoms with Gasteiger partial charge in [-0.05, 0) is 25.2 Å². The van der Waals surface area contributed by atoms with Crippen LogP contribution in [0.3, 0.4) is 0 Å². The molecule has 17 heavy (non-hydrogen) atoms. The van der Waals surface area contributed by atoms with E-state index in [0.29, 0.717) is 12.5 Å². The Kier molecular flexibility index (Phi) is 4.07. The molecule has 0 saturated carbocycles. The van der Waals surface area contributed by atoms with E-state index in [0.717, 1.165) is 31.1 Å². The lowest BCUT2D eigenvalue weighted by molar-refractivity contribution is -0.158. The standard InChI is InChI=1S/C12H19BrN2O2/c1-9(6-13)7-14-8-11(16)15-5-3-2-4-10(15)12(14)17/h9-10H,2-8H2,1H3. The summed E-state index contributed by atoms with van der Waals surface area (Å²) >= 11 is 3.41. The zero-order chi connectivity index (χ0) is 12.4. The minimum absolute atomic E-state index is 0.121. The van der Waals surface area contributed by atoms with E-state index in [1.54, 1.807) is 9.80 Å². The molecule has 5 heteroatoms. The van der Waals surface area contributed by atoms with Crippen molar-refractivity contribution in [2.24, 2.45) is 5.92 Å². The number of piperazine rings is 1. The second-order valence-corrected chi connectivity index (χ2v) is 5.72. The van der Waals surface area contributed by atoms with Crippen molar-refractivity contribution in [3.63, 3.8) is 0 Å². The van der Waals surface area contributed by atoms with Crippen molar-refractivity contribution < 1.29 is 9.59 Å². The van der Waals surface area contributed by atoms with E-state index >= 15 is 0 Å². The monoisotopic (exact) mass is 302 g/mol. The van der Waals surface area contributed by atoms with Crippen molar-refractivity contribution in [2.75, 3.05) is 25.0 Å². The van der Waals surface area contributed by atoms with Crippen LogP contribution in [-0.2, 0) is 9.59 Å². The summed E-state index contributed by atoms with van der Waals surface area (Å²) in [7, 11) is 0. The molecule has 2 saturated heterocycles. The number of alkyl halides is 1. The second kappa shape index (κ2) is 5.38. The maximum atomic E-state index is 12.3. The molecule has 2 aliphatic rings. The molecule has 0 aromatic rings. The molecule has 0 N–H and O–H groups in total. The van der Waals surface area contributed by atoms with Crippen molar-refractivity contribution in [1.29, 1.82) is 0 Å². The molecule has 0 aliphatic carbocycles. The van der Waals surface area contributed by atoms with Gasteiger partial charge in [0.1, 0.15) is 6.04 Å². The Morgan fingerprint density at radius 2 is 2.18 bits per heavy atom. The molecule has 2 unspecified atom stereocenters. The summed E-state index contributed by atoms with van der Waals surface area (Å²) in [4.78, 5) is 27.8. The van der Waals surface area contributed by atoms with E-state index < -0.39 is 0 Å². The molecule has 2 amide bonds. The molecule has 0 aromatic carbocycles. The Labute approximate surface area is 110 Å². The second-order valence-electron chi connectivity index (χ2n) is 5.08. The topological polar surface area (TPSA) is 40.6 Å². The predicted octanol–water partition coefficient (Wildman–Crippen LogP) is 1.24. The van der Waals surface area contributed by atoms with E-state index in [9.17, 15) is 9.59 Å². The van der Waals surface area contributed by atoms with Crippen LogP contribution in [0.15, 0.2) is 0 Å². The van der Waals surface area contributed by atoms with E-state index in [-0.39, 0.29) is 24.4 Å². The Bertz CT molecular complexity index is 322. The fraction of sp³-hybridized carbons (Fsp3) is 0.833. The lowest BCUT2D eigenvalue weighted by Gasteiger charge is -2.43. The van der Waals surface area contributed by atoms with Crippen molar-refractivity contribution in [2.45, 2.75) is 32.2 Å². The van der Waals surface area contributed by atoms with Gasteiger partial charge in [-0.25, -0.2) is 0 Å². The molecule has 2 heterocycles. The summed E-state index contributed by atoms with van der Waals surface area (Å²) in [6.45, 7) is 3.80. The smallest absolute Gasteiger partial charge is 0.245 e. The maximum absolute atomic E-state index is 12.3. The van der Waals surface area contributed by atoms with Crippen LogP contribution < -0.4 is 0 Å². The molecule has 4 nitrogen and oxygen atoms in total. The quantitative estimate of drug-likeness (QED) is 0.736. The number of nitrogens with zero attached hydrogens (tertiary/aromatic N) is 2. The summed E-state index contributed by atoms with van der Waals surface area (Å²) in [5.41, 5.74) is 0. The Morgan fingerprint density at radius 3 is 2.88 bits per heavy atom. The number of carbonyl (C=O) groups is 2. The van der Waals surface area contributed by atoms with Crippen LogP contribution in [0, 0.1) is 5.92 Å². The van der Waals surface area contributed by atoms with Gasteiger partial charge in [-0.2, -0.15) is 0 Å². The van der Waals surface area contributed by atoms with Gasteiger partial charge in [0.15, 0.2) is 0 Å². The van der Waals surface area contributed by atoms with E-state index in [4.69, 9.17) is 0 Å². The molecule has 2 atom stereocenters. The van der Waals surface area contributed by atoms with Crippen LogP contribution in [-0.4, -0.2) is 52.6 Å². The number of hydrogen-bond donors (Lipinski definition) is 0. The first-order chi connectivity index (χ1) is 8.13. The van der Waals surface area contributed by atoms with Crippen LogP contribution in [0.5, 0.6) is 0 Å². The molecule has 2 aliphatic heterocycles. The number of piperidine rings is 1. The Balaban J connectivity index is 2.06. The van der Waals surface area contributed by atoms with Gasteiger partial charge >= 0.3 is 0 Å². The van der Waals surface area contributed by atoms with Crippen molar-refractivity contribution >= 4 is 27.7 Å². The van der Waals surface area contributed by atoms with E-state index in [1.807, 2.05) is 0 Å². The third kappa shape index (κ3) is 2.64. The van der Waals surface area contributed by atoms with E-state index in [2.05, 4.69) is 22.9 Å². The first-order valence-corrected chi connectivity index (χ1v) is 7.40. The minimum Gasteiger partial charge on any atom is -0.331 e. The third-order valence-corrected chi connectivity index (χ3v) is 4.65. The molecule has 2 rings (SSSR count). The molecular formula is C12H19BrN2O2. The molecule has 0 spiro atoms. The molecule has 0 bridgehead atoms. The van der Waals surface area contributed by atoms with Crippen LogP contribution in [0.25, 0.3) is 0 Å². The minimum atomic E-state index is -0.174. The molecule has 96 valence electrons. The summed E-state index contributed by atoms with van der Waals surface area (Å²) in [5, 5.41) is 0.860. The zero-order valence-corrected chi connectivity index (χ0v) is 11.8. The average molecular weight is 303 g/mol. The van der Waals surface area contributed by atoms with Crippen LogP contribution in [0.1, 0.15) is 26.2 Å². The Hall–Kier alpha value is -0.580. The number of fused-ring (bicyclic) bond motifs is 1. The normalized spacial score (nSPS) is 27.1. The van der Waals surface area contributed by atoms with Gasteiger partial charge < -0.3 is 9.80 Å². The number of hydrogen-bond acceptors (Lipinski definition) is 2. The summed E-state index contributed by atoms with van der Waals surface area (Å²) in [5.74, 6) is 0.662. The number of carbonyl (C=O) groups excluding carboxylic acids is 2. The van der Waals surface area contributed by atoms with Crippen LogP contribution in [0.2, 0.25) is 0 Å². The van der Waals surface area contributed by atoms with Gasteiger partial charge in [0.2, 0.25) is 11.8 Å². The van der Waals surface area contributed by atoms with Gasteiger partial charge in [-0.1, -0.05) is 22.9 Å². The molecule has 0 aromatic heterocycles. The van der Waals surface area contributed by atoms with Gasteiger partial charge in [-0.15, -0.1) is 0 Å².